The number of nitrogens with zero attached hydrogens (tertiary/aromatic N) is 2. The molecule has 0 bridgehead atoms. The fourth-order valence-electron chi connectivity index (χ4n) is 1.07. The van der Waals surface area contributed by atoms with E-state index >= 15 is 0 Å². The summed E-state index contributed by atoms with van der Waals surface area (Å²) in [5.41, 5.74) is 5.23. The van der Waals surface area contributed by atoms with Gasteiger partial charge >= 0.3 is 0 Å². The van der Waals surface area contributed by atoms with Gasteiger partial charge in [0.25, 0.3) is 0 Å². The highest BCUT2D eigenvalue weighted by molar-refractivity contribution is 5.94. The van der Waals surface area contributed by atoms with Crippen LogP contribution >= 0.6 is 0 Å². The monoisotopic (exact) mass is 167 g/mol. The van der Waals surface area contributed by atoms with E-state index in [-0.39, 0.29) is 12.3 Å². The van der Waals surface area contributed by atoms with Crippen LogP contribution in [0.3, 0.4) is 0 Å². The summed E-state index contributed by atoms with van der Waals surface area (Å²) in [4.78, 5) is 15.1. The third-order valence-corrected chi connectivity index (χ3v) is 1.61. The molecule has 1 heterocycles. The molecule has 0 saturated heterocycles. The van der Waals surface area contributed by atoms with Crippen molar-refractivity contribution in [2.24, 2.45) is 5.73 Å². The van der Waals surface area contributed by atoms with E-state index in [1.165, 1.54) is 0 Å². The molecule has 0 amide bonds. The fraction of sp³-hybridized carbons (Fsp3) is 0.500. The SMILES string of the molecule is CCCn1ccnc1C(=O)CN. The molecule has 4 nitrogen and oxygen atoms in total. The molecule has 0 fully saturated rings. The molecular formula is C8H13N3O. The maximum absolute atomic E-state index is 11.2. The number of carbonyl (C=O) groups is 1. The van der Waals surface area contributed by atoms with Gasteiger partial charge in [0.2, 0.25) is 5.78 Å². The van der Waals surface area contributed by atoms with Gasteiger partial charge in [0.05, 0.1) is 6.54 Å². The Hall–Kier alpha value is -1.16. The zero-order valence-corrected chi connectivity index (χ0v) is 7.16. The number of nitrogens with two attached hydrogens (primary N) is 1. The smallest absolute Gasteiger partial charge is 0.211 e. The lowest BCUT2D eigenvalue weighted by molar-refractivity contribution is 0.0987. The van der Waals surface area contributed by atoms with Crippen LogP contribution in [0.15, 0.2) is 12.4 Å². The summed E-state index contributed by atoms with van der Waals surface area (Å²) in [7, 11) is 0. The number of carbonyl (C=O) groups excluding carboxylic acids is 1. The highest BCUT2D eigenvalue weighted by Gasteiger charge is 2.09. The highest BCUT2D eigenvalue weighted by Crippen LogP contribution is 1.99. The fourth-order valence-corrected chi connectivity index (χ4v) is 1.07. The topological polar surface area (TPSA) is 60.9 Å². The standard InChI is InChI=1S/C8H13N3O/c1-2-4-11-5-3-10-8(11)7(12)6-9/h3,5H,2,4,6,9H2,1H3. The summed E-state index contributed by atoms with van der Waals surface area (Å²) >= 11 is 0. The van der Waals surface area contributed by atoms with Crippen LogP contribution in [0.5, 0.6) is 0 Å². The summed E-state index contributed by atoms with van der Waals surface area (Å²) in [5.74, 6) is 0.368. The molecule has 0 aliphatic carbocycles. The van der Waals surface area contributed by atoms with E-state index in [0.29, 0.717) is 5.82 Å². The van der Waals surface area contributed by atoms with Crippen molar-refractivity contribution in [2.75, 3.05) is 6.54 Å². The normalized spacial score (nSPS) is 10.2. The highest BCUT2D eigenvalue weighted by atomic mass is 16.1. The molecule has 1 rings (SSSR count). The molecule has 0 aromatic carbocycles. The number of hydrogen-bond acceptors (Lipinski definition) is 3. The lowest BCUT2D eigenvalue weighted by atomic mass is 10.3. The lowest BCUT2D eigenvalue weighted by Crippen LogP contribution is -2.18. The van der Waals surface area contributed by atoms with Crippen LogP contribution in [0.25, 0.3) is 0 Å². The first-order valence-corrected chi connectivity index (χ1v) is 4.04. The van der Waals surface area contributed by atoms with Crippen molar-refractivity contribution < 1.29 is 4.79 Å². The minimum absolute atomic E-state index is 0.0285. The van der Waals surface area contributed by atoms with Gasteiger partial charge < -0.3 is 10.3 Å². The molecule has 0 saturated carbocycles. The van der Waals surface area contributed by atoms with E-state index in [9.17, 15) is 4.79 Å². The second-order valence-corrected chi connectivity index (χ2v) is 2.57. The zero-order valence-electron chi connectivity index (χ0n) is 7.16. The van der Waals surface area contributed by atoms with E-state index in [1.807, 2.05) is 4.57 Å². The van der Waals surface area contributed by atoms with Crippen molar-refractivity contribution in [1.29, 1.82) is 0 Å². The third-order valence-electron chi connectivity index (χ3n) is 1.61. The zero-order chi connectivity index (χ0) is 8.97. The quantitative estimate of drug-likeness (QED) is 0.662. The van der Waals surface area contributed by atoms with Gasteiger partial charge in [-0.25, -0.2) is 4.98 Å². The average Bonchev–Trinajstić information content (AvgIpc) is 2.52. The van der Waals surface area contributed by atoms with Crippen LogP contribution in [0, 0.1) is 0 Å². The second kappa shape index (κ2) is 4.01. The van der Waals surface area contributed by atoms with Crippen LogP contribution in [0.4, 0.5) is 0 Å². The van der Waals surface area contributed by atoms with Crippen molar-refractivity contribution in [3.63, 3.8) is 0 Å². The van der Waals surface area contributed by atoms with Crippen LogP contribution in [-0.4, -0.2) is 21.9 Å². The molecule has 0 aliphatic heterocycles. The van der Waals surface area contributed by atoms with Crippen molar-refractivity contribution in [1.82, 2.24) is 9.55 Å². The Morgan fingerprint density at radius 3 is 3.08 bits per heavy atom. The van der Waals surface area contributed by atoms with Gasteiger partial charge in [-0.3, -0.25) is 4.79 Å². The molecule has 12 heavy (non-hydrogen) atoms. The number of Topliss-reactive ketones (excluding diaryl/α,β-unsaturated/α-hetero) is 1. The van der Waals surface area contributed by atoms with E-state index in [4.69, 9.17) is 5.73 Å². The Bertz CT molecular complexity index is 267. The second-order valence-electron chi connectivity index (χ2n) is 2.57. The molecule has 0 spiro atoms. The number of hydrogen-bond donors (Lipinski definition) is 1. The first-order valence-electron chi connectivity index (χ1n) is 4.04. The van der Waals surface area contributed by atoms with E-state index in [0.717, 1.165) is 13.0 Å². The first-order chi connectivity index (χ1) is 5.79. The Morgan fingerprint density at radius 2 is 2.50 bits per heavy atom. The van der Waals surface area contributed by atoms with Crippen molar-refractivity contribution in [2.45, 2.75) is 19.9 Å². The molecular weight excluding hydrogens is 154 g/mol. The van der Waals surface area contributed by atoms with E-state index < -0.39 is 0 Å². The summed E-state index contributed by atoms with van der Waals surface area (Å²) < 4.78 is 1.83. The van der Waals surface area contributed by atoms with Gasteiger partial charge in [0.15, 0.2) is 5.82 Å². The van der Waals surface area contributed by atoms with Crippen LogP contribution in [0.2, 0.25) is 0 Å². The average molecular weight is 167 g/mol. The largest absolute Gasteiger partial charge is 0.328 e. The summed E-state index contributed by atoms with van der Waals surface area (Å²) in [6, 6.07) is 0. The van der Waals surface area contributed by atoms with Gasteiger partial charge in [0, 0.05) is 18.9 Å². The van der Waals surface area contributed by atoms with Crippen LogP contribution in [0.1, 0.15) is 24.0 Å². The third kappa shape index (κ3) is 1.71. The number of aryl methyl sites for hydroxylation is 1. The molecule has 1 aromatic rings. The minimum atomic E-state index is -0.103. The van der Waals surface area contributed by atoms with Crippen LogP contribution < -0.4 is 5.73 Å². The van der Waals surface area contributed by atoms with Gasteiger partial charge in [-0.05, 0) is 6.42 Å². The Morgan fingerprint density at radius 1 is 1.75 bits per heavy atom. The number of imidazole rings is 1. The number of rotatable bonds is 4. The van der Waals surface area contributed by atoms with Crippen molar-refractivity contribution in [3.8, 4) is 0 Å². The number of ketones is 1. The molecule has 0 atom stereocenters. The Labute approximate surface area is 71.4 Å². The van der Waals surface area contributed by atoms with Gasteiger partial charge in [-0.15, -0.1) is 0 Å². The van der Waals surface area contributed by atoms with Crippen molar-refractivity contribution >= 4 is 5.78 Å². The Kier molecular flexibility index (Phi) is 2.99. The van der Waals surface area contributed by atoms with Crippen LogP contribution in [-0.2, 0) is 6.54 Å². The molecule has 66 valence electrons. The molecule has 0 aliphatic rings. The molecule has 4 heteroatoms. The summed E-state index contributed by atoms with van der Waals surface area (Å²) in [5, 5.41) is 0. The van der Waals surface area contributed by atoms with Gasteiger partial charge in [-0.2, -0.15) is 0 Å². The summed E-state index contributed by atoms with van der Waals surface area (Å²) in [6.45, 7) is 2.90. The van der Waals surface area contributed by atoms with E-state index in [2.05, 4.69) is 11.9 Å². The molecule has 0 radical (unpaired) electrons. The maximum atomic E-state index is 11.2. The van der Waals surface area contributed by atoms with E-state index in [1.54, 1.807) is 12.4 Å². The minimum Gasteiger partial charge on any atom is -0.328 e. The lowest BCUT2D eigenvalue weighted by Gasteiger charge is -2.02. The predicted octanol–water partition coefficient (Wildman–Crippen LogP) is 0.434. The molecule has 2 N–H and O–H groups in total. The maximum Gasteiger partial charge on any atom is 0.211 e. The van der Waals surface area contributed by atoms with Gasteiger partial charge in [0.1, 0.15) is 0 Å². The molecule has 1 aromatic heterocycles. The predicted molar refractivity (Wildman–Crippen MR) is 45.9 cm³/mol. The first kappa shape index (κ1) is 8.93. The molecule has 0 unspecified atom stereocenters. The summed E-state index contributed by atoms with van der Waals surface area (Å²) in [6.07, 6.45) is 4.41. The Balaban J connectivity index is 2.83. The van der Waals surface area contributed by atoms with Gasteiger partial charge in [-0.1, -0.05) is 6.92 Å². The van der Waals surface area contributed by atoms with Crippen molar-refractivity contribution in [3.05, 3.63) is 18.2 Å². The number of aromatic nitrogens is 2.